The second-order valence-electron chi connectivity index (χ2n) is 7.79. The normalized spacial score (nSPS) is 22.5. The molecule has 5 nitrogen and oxygen atoms in total. The topological polar surface area (TPSA) is 50.5 Å². The summed E-state index contributed by atoms with van der Waals surface area (Å²) in [5.41, 5.74) is 4.41. The number of piperidine rings is 1. The van der Waals surface area contributed by atoms with E-state index < -0.39 is 0 Å². The van der Waals surface area contributed by atoms with E-state index in [9.17, 15) is 0 Å². The smallest absolute Gasteiger partial charge is 0.0829 e. The number of rotatable bonds is 5. The Kier molecular flexibility index (Phi) is 5.11. The van der Waals surface area contributed by atoms with Gasteiger partial charge in [-0.2, -0.15) is 5.10 Å². The number of benzene rings is 1. The van der Waals surface area contributed by atoms with Crippen molar-refractivity contribution in [2.45, 2.75) is 43.7 Å². The molecule has 1 aliphatic heterocycles. The second kappa shape index (κ2) is 7.51. The van der Waals surface area contributed by atoms with Gasteiger partial charge in [-0.25, -0.2) is 0 Å². The largest absolute Gasteiger partial charge is 0.394 e. The number of hydrogen-bond donors (Lipinski definition) is 1. The van der Waals surface area contributed by atoms with E-state index in [0.29, 0.717) is 12.0 Å². The Bertz CT molecular complexity index is 734. The van der Waals surface area contributed by atoms with Gasteiger partial charge in [0, 0.05) is 25.4 Å². The van der Waals surface area contributed by atoms with Gasteiger partial charge in [0.05, 0.1) is 25.5 Å². The molecule has 2 heterocycles. The lowest BCUT2D eigenvalue weighted by molar-refractivity contribution is 0.00500. The number of aromatic nitrogens is 2. The van der Waals surface area contributed by atoms with Crippen LogP contribution < -0.4 is 0 Å². The van der Waals surface area contributed by atoms with Gasteiger partial charge in [0.1, 0.15) is 0 Å². The van der Waals surface area contributed by atoms with Crippen LogP contribution in [0.5, 0.6) is 0 Å². The minimum Gasteiger partial charge on any atom is -0.394 e. The lowest BCUT2D eigenvalue weighted by atomic mass is 9.64. The highest BCUT2D eigenvalue weighted by atomic mass is 16.5. The van der Waals surface area contributed by atoms with Crippen LogP contribution in [0.1, 0.15) is 48.5 Å². The van der Waals surface area contributed by atoms with Gasteiger partial charge < -0.3 is 9.84 Å². The van der Waals surface area contributed by atoms with Crippen molar-refractivity contribution in [3.8, 4) is 0 Å². The van der Waals surface area contributed by atoms with Crippen LogP contribution in [-0.2, 0) is 23.7 Å². The third kappa shape index (κ3) is 3.43. The van der Waals surface area contributed by atoms with Crippen LogP contribution in [0.15, 0.2) is 36.7 Å². The van der Waals surface area contributed by atoms with Gasteiger partial charge >= 0.3 is 0 Å². The van der Waals surface area contributed by atoms with Crippen LogP contribution in [-0.4, -0.2) is 46.1 Å². The standard InChI is InChI=1S/C21H29N3O2/c1-23-15-17(14-22-23)16-24-10-8-21(9-11-24)7-6-20(26-13-12-25)18-4-2-3-5-19(18)21/h2-5,14-15,20,25H,6-13,16H2,1H3/t20-/m0/s1. The fraction of sp³-hybridized carbons (Fsp3) is 0.571. The fourth-order valence-electron chi connectivity index (χ4n) is 4.80. The molecule has 0 amide bonds. The fourth-order valence-corrected chi connectivity index (χ4v) is 4.80. The monoisotopic (exact) mass is 355 g/mol. The first-order chi connectivity index (χ1) is 12.7. The highest BCUT2D eigenvalue weighted by molar-refractivity contribution is 5.39. The van der Waals surface area contributed by atoms with Gasteiger partial charge in [-0.3, -0.25) is 9.58 Å². The van der Waals surface area contributed by atoms with Gasteiger partial charge in [-0.05, 0) is 55.3 Å². The number of likely N-dealkylation sites (tertiary alicyclic amines) is 1. The third-order valence-electron chi connectivity index (χ3n) is 6.15. The van der Waals surface area contributed by atoms with E-state index in [2.05, 4.69) is 40.5 Å². The molecule has 1 atom stereocenters. The summed E-state index contributed by atoms with van der Waals surface area (Å²) in [4.78, 5) is 2.55. The van der Waals surface area contributed by atoms with Crippen molar-refractivity contribution in [2.75, 3.05) is 26.3 Å². The maximum atomic E-state index is 9.10. The zero-order valence-corrected chi connectivity index (χ0v) is 15.6. The van der Waals surface area contributed by atoms with Crippen molar-refractivity contribution < 1.29 is 9.84 Å². The summed E-state index contributed by atoms with van der Waals surface area (Å²) in [6, 6.07) is 8.81. The summed E-state index contributed by atoms with van der Waals surface area (Å²) in [5.74, 6) is 0. The van der Waals surface area contributed by atoms with Crippen LogP contribution in [0, 0.1) is 0 Å². The van der Waals surface area contributed by atoms with E-state index in [-0.39, 0.29) is 12.7 Å². The minimum atomic E-state index is 0.0904. The number of aliphatic hydroxyl groups is 1. The Balaban J connectivity index is 1.47. The number of hydrogen-bond acceptors (Lipinski definition) is 4. The van der Waals surface area contributed by atoms with Crippen molar-refractivity contribution in [3.05, 3.63) is 53.3 Å². The number of fused-ring (bicyclic) bond motifs is 2. The third-order valence-corrected chi connectivity index (χ3v) is 6.15. The Morgan fingerprint density at radius 3 is 2.77 bits per heavy atom. The molecular formula is C21H29N3O2. The molecule has 1 aliphatic carbocycles. The van der Waals surface area contributed by atoms with E-state index in [1.807, 2.05) is 17.9 Å². The van der Waals surface area contributed by atoms with Gasteiger partial charge in [0.2, 0.25) is 0 Å². The second-order valence-corrected chi connectivity index (χ2v) is 7.79. The summed E-state index contributed by atoms with van der Waals surface area (Å²) in [7, 11) is 1.98. The molecule has 1 fully saturated rings. The van der Waals surface area contributed by atoms with Crippen molar-refractivity contribution in [2.24, 2.45) is 7.05 Å². The van der Waals surface area contributed by atoms with Crippen molar-refractivity contribution in [1.29, 1.82) is 0 Å². The van der Waals surface area contributed by atoms with Gasteiger partial charge in [0.25, 0.3) is 0 Å². The summed E-state index contributed by atoms with van der Waals surface area (Å²) in [6.07, 6.45) is 8.87. The van der Waals surface area contributed by atoms with Crippen LogP contribution in [0.4, 0.5) is 0 Å². The van der Waals surface area contributed by atoms with Crippen molar-refractivity contribution >= 4 is 0 Å². The molecule has 0 radical (unpaired) electrons. The molecule has 26 heavy (non-hydrogen) atoms. The highest BCUT2D eigenvalue weighted by Crippen LogP contribution is 2.48. The molecule has 1 spiro atoms. The molecule has 140 valence electrons. The molecule has 0 saturated carbocycles. The highest BCUT2D eigenvalue weighted by Gasteiger charge is 2.42. The molecule has 0 unspecified atom stereocenters. The zero-order chi connectivity index (χ0) is 18.0. The first-order valence-electron chi connectivity index (χ1n) is 9.72. The SMILES string of the molecule is Cn1cc(CN2CCC3(CC[C@H](OCCO)c4ccccc43)CC2)cn1. The molecule has 0 bridgehead atoms. The summed E-state index contributed by atoms with van der Waals surface area (Å²) in [5, 5.41) is 13.4. The molecule has 2 aliphatic rings. The number of aryl methyl sites for hydroxylation is 1. The van der Waals surface area contributed by atoms with E-state index >= 15 is 0 Å². The molecular weight excluding hydrogens is 326 g/mol. The maximum Gasteiger partial charge on any atom is 0.0829 e. The Labute approximate surface area is 155 Å². The number of aliphatic hydroxyl groups excluding tert-OH is 1. The van der Waals surface area contributed by atoms with Gasteiger partial charge in [-0.1, -0.05) is 24.3 Å². The first kappa shape index (κ1) is 17.7. The predicted octanol–water partition coefficient (Wildman–Crippen LogP) is 2.80. The molecule has 2 aromatic rings. The summed E-state index contributed by atoms with van der Waals surface area (Å²) < 4.78 is 7.80. The maximum absolute atomic E-state index is 9.10. The van der Waals surface area contributed by atoms with Crippen molar-refractivity contribution in [1.82, 2.24) is 14.7 Å². The molecule has 4 rings (SSSR count). The van der Waals surface area contributed by atoms with E-state index in [1.165, 1.54) is 36.0 Å². The van der Waals surface area contributed by atoms with Crippen molar-refractivity contribution in [3.63, 3.8) is 0 Å². The van der Waals surface area contributed by atoms with Crippen LogP contribution in [0.2, 0.25) is 0 Å². The Morgan fingerprint density at radius 2 is 2.04 bits per heavy atom. The quantitative estimate of drug-likeness (QED) is 0.896. The molecule has 1 N–H and O–H groups in total. The number of nitrogens with zero attached hydrogens (tertiary/aromatic N) is 3. The van der Waals surface area contributed by atoms with Crippen LogP contribution in [0.3, 0.4) is 0 Å². The summed E-state index contributed by atoms with van der Waals surface area (Å²) >= 11 is 0. The first-order valence-corrected chi connectivity index (χ1v) is 9.72. The Morgan fingerprint density at radius 1 is 1.23 bits per heavy atom. The minimum absolute atomic E-state index is 0.0904. The lowest BCUT2D eigenvalue weighted by Gasteiger charge is -2.47. The molecule has 5 heteroatoms. The molecule has 1 aromatic carbocycles. The van der Waals surface area contributed by atoms with E-state index in [0.717, 1.165) is 26.1 Å². The zero-order valence-electron chi connectivity index (χ0n) is 15.6. The van der Waals surface area contributed by atoms with E-state index in [1.54, 1.807) is 0 Å². The summed E-state index contributed by atoms with van der Waals surface area (Å²) in [6.45, 7) is 3.77. The van der Waals surface area contributed by atoms with E-state index in [4.69, 9.17) is 9.84 Å². The van der Waals surface area contributed by atoms with Gasteiger partial charge in [-0.15, -0.1) is 0 Å². The van der Waals surface area contributed by atoms with Crippen LogP contribution in [0.25, 0.3) is 0 Å². The van der Waals surface area contributed by atoms with Crippen LogP contribution >= 0.6 is 0 Å². The lowest BCUT2D eigenvalue weighted by Crippen LogP contribution is -2.44. The van der Waals surface area contributed by atoms with Gasteiger partial charge in [0.15, 0.2) is 0 Å². The molecule has 1 aromatic heterocycles. The Hall–Kier alpha value is -1.69. The molecule has 1 saturated heterocycles. The average molecular weight is 355 g/mol. The predicted molar refractivity (Wildman–Crippen MR) is 101 cm³/mol. The number of ether oxygens (including phenoxy) is 1. The average Bonchev–Trinajstić information content (AvgIpc) is 3.08.